The Morgan fingerprint density at radius 1 is 1.04 bits per heavy atom. The van der Waals surface area contributed by atoms with Gasteiger partial charge in [0.05, 0.1) is 0 Å². The summed E-state index contributed by atoms with van der Waals surface area (Å²) < 4.78 is 5.45. The Morgan fingerprint density at radius 3 is 2.61 bits per heavy atom. The van der Waals surface area contributed by atoms with Crippen LogP contribution >= 0.6 is 0 Å². The highest BCUT2D eigenvalue weighted by molar-refractivity contribution is 5.54. The number of anilines is 1. The summed E-state index contributed by atoms with van der Waals surface area (Å²) in [5.41, 5.74) is 1.85. The third kappa shape index (κ3) is 3.48. The van der Waals surface area contributed by atoms with Gasteiger partial charge in [-0.15, -0.1) is 0 Å². The van der Waals surface area contributed by atoms with E-state index in [9.17, 15) is 0 Å². The summed E-state index contributed by atoms with van der Waals surface area (Å²) in [7, 11) is 0. The van der Waals surface area contributed by atoms with Crippen molar-refractivity contribution in [3.63, 3.8) is 0 Å². The van der Waals surface area contributed by atoms with Gasteiger partial charge in [0.1, 0.15) is 11.5 Å². The fourth-order valence-corrected chi connectivity index (χ4v) is 3.71. The summed E-state index contributed by atoms with van der Waals surface area (Å²) in [6, 6.07) is 7.94. The minimum atomic E-state index is 0.371. The van der Waals surface area contributed by atoms with Crippen LogP contribution in [-0.4, -0.2) is 38.2 Å². The number of nitrogens with zero attached hydrogens (tertiary/aromatic N) is 6. The van der Waals surface area contributed by atoms with E-state index in [-0.39, 0.29) is 0 Å². The summed E-state index contributed by atoms with van der Waals surface area (Å²) in [5, 5.41) is 4.24. The van der Waals surface area contributed by atoms with Gasteiger partial charge >= 0.3 is 0 Å². The van der Waals surface area contributed by atoms with Crippen molar-refractivity contribution in [2.45, 2.75) is 50.9 Å². The van der Waals surface area contributed by atoms with Crippen molar-refractivity contribution >= 4 is 5.82 Å². The lowest BCUT2D eigenvalue weighted by molar-refractivity contribution is 0.364. The first kappa shape index (κ1) is 17.3. The second-order valence-electron chi connectivity index (χ2n) is 7.64. The van der Waals surface area contributed by atoms with Crippen LogP contribution in [0.3, 0.4) is 0 Å². The van der Waals surface area contributed by atoms with E-state index in [0.717, 1.165) is 61.3 Å². The molecule has 1 aliphatic heterocycles. The van der Waals surface area contributed by atoms with Gasteiger partial charge in [-0.25, -0.2) is 9.97 Å². The van der Waals surface area contributed by atoms with Crippen molar-refractivity contribution < 1.29 is 4.52 Å². The molecule has 1 saturated heterocycles. The topological polar surface area (TPSA) is 80.8 Å². The number of aromatic nitrogens is 5. The van der Waals surface area contributed by atoms with Crippen LogP contribution in [0.5, 0.6) is 0 Å². The minimum absolute atomic E-state index is 0.371. The summed E-state index contributed by atoms with van der Waals surface area (Å²) in [4.78, 5) is 20.9. The zero-order valence-electron chi connectivity index (χ0n) is 16.1. The smallest absolute Gasteiger partial charge is 0.229 e. The van der Waals surface area contributed by atoms with Crippen molar-refractivity contribution in [1.82, 2.24) is 25.1 Å². The first-order valence-electron chi connectivity index (χ1n) is 10.2. The van der Waals surface area contributed by atoms with Crippen LogP contribution in [-0.2, 0) is 6.42 Å². The fourth-order valence-electron chi connectivity index (χ4n) is 3.71. The zero-order valence-corrected chi connectivity index (χ0v) is 16.1. The van der Waals surface area contributed by atoms with E-state index < -0.39 is 0 Å². The predicted molar refractivity (Wildman–Crippen MR) is 105 cm³/mol. The molecule has 0 radical (unpaired) electrons. The van der Waals surface area contributed by atoms with Crippen LogP contribution < -0.4 is 4.90 Å². The van der Waals surface area contributed by atoms with Crippen LogP contribution in [0.15, 0.2) is 35.0 Å². The highest BCUT2D eigenvalue weighted by Gasteiger charge is 2.32. The highest BCUT2D eigenvalue weighted by Crippen LogP contribution is 2.40. The fraction of sp³-hybridized carbons (Fsp3) is 0.476. The Labute approximate surface area is 164 Å². The molecule has 0 N–H and O–H groups in total. The third-order valence-corrected chi connectivity index (χ3v) is 5.59. The summed E-state index contributed by atoms with van der Waals surface area (Å²) in [5.74, 6) is 4.28. The second-order valence-corrected chi connectivity index (χ2v) is 7.64. The van der Waals surface area contributed by atoms with Crippen LogP contribution in [0.2, 0.25) is 0 Å². The van der Waals surface area contributed by atoms with Gasteiger partial charge in [0.25, 0.3) is 0 Å². The van der Waals surface area contributed by atoms with Crippen molar-refractivity contribution in [2.75, 3.05) is 18.0 Å². The maximum Gasteiger partial charge on any atom is 0.229 e. The lowest BCUT2D eigenvalue weighted by Gasteiger charge is -2.31. The molecule has 3 aromatic heterocycles. The number of hydrogen-bond donors (Lipinski definition) is 0. The molecule has 5 rings (SSSR count). The van der Waals surface area contributed by atoms with Gasteiger partial charge in [-0.05, 0) is 44.2 Å². The molecule has 1 saturated carbocycles. The van der Waals surface area contributed by atoms with E-state index in [0.29, 0.717) is 17.7 Å². The van der Waals surface area contributed by atoms with Crippen LogP contribution in [0.1, 0.15) is 61.9 Å². The summed E-state index contributed by atoms with van der Waals surface area (Å²) >= 11 is 0. The Kier molecular flexibility index (Phi) is 4.50. The van der Waals surface area contributed by atoms with E-state index in [1.54, 1.807) is 6.20 Å². The molecule has 1 aliphatic carbocycles. The number of hydrogen-bond acceptors (Lipinski definition) is 7. The molecule has 2 aliphatic rings. The maximum absolute atomic E-state index is 5.45. The molecule has 4 heterocycles. The molecular weight excluding hydrogens is 352 g/mol. The molecular formula is C21H24N6O. The van der Waals surface area contributed by atoms with E-state index in [1.165, 1.54) is 12.8 Å². The minimum Gasteiger partial charge on any atom is -0.356 e. The Morgan fingerprint density at radius 2 is 1.89 bits per heavy atom. The van der Waals surface area contributed by atoms with E-state index in [1.807, 2.05) is 18.2 Å². The molecule has 28 heavy (non-hydrogen) atoms. The van der Waals surface area contributed by atoms with Gasteiger partial charge in [-0.2, -0.15) is 4.98 Å². The van der Waals surface area contributed by atoms with Crippen molar-refractivity contribution in [3.05, 3.63) is 47.9 Å². The normalized spacial score (nSPS) is 17.8. The van der Waals surface area contributed by atoms with Crippen molar-refractivity contribution in [3.8, 4) is 11.5 Å². The lowest BCUT2D eigenvalue weighted by Crippen LogP contribution is -2.34. The Bertz CT molecular complexity index is 945. The third-order valence-electron chi connectivity index (χ3n) is 5.59. The Hall–Kier alpha value is -2.83. The molecule has 7 heteroatoms. The highest BCUT2D eigenvalue weighted by atomic mass is 16.5. The zero-order chi connectivity index (χ0) is 18.9. The summed E-state index contributed by atoms with van der Waals surface area (Å²) in [6.45, 7) is 3.98. The van der Waals surface area contributed by atoms with Gasteiger partial charge in [-0.1, -0.05) is 18.1 Å². The molecule has 3 aromatic rings. The predicted octanol–water partition coefficient (Wildman–Crippen LogP) is 3.75. The molecule has 0 atom stereocenters. The van der Waals surface area contributed by atoms with E-state index in [2.05, 4.69) is 38.0 Å². The van der Waals surface area contributed by atoms with Gasteiger partial charge in [0, 0.05) is 42.9 Å². The second kappa shape index (κ2) is 7.30. The summed E-state index contributed by atoms with van der Waals surface area (Å²) in [6.07, 6.45) is 7.04. The van der Waals surface area contributed by atoms with Crippen LogP contribution in [0.25, 0.3) is 11.5 Å². The largest absolute Gasteiger partial charge is 0.356 e. The lowest BCUT2D eigenvalue weighted by atomic mass is 9.96. The average Bonchev–Trinajstić information content (AvgIpc) is 3.50. The van der Waals surface area contributed by atoms with Gasteiger partial charge in [-0.3, -0.25) is 4.98 Å². The quantitative estimate of drug-likeness (QED) is 0.671. The number of pyridine rings is 1. The molecule has 144 valence electrons. The van der Waals surface area contributed by atoms with Gasteiger partial charge in [0.2, 0.25) is 5.89 Å². The average molecular weight is 376 g/mol. The van der Waals surface area contributed by atoms with Crippen molar-refractivity contribution in [1.29, 1.82) is 0 Å². The Balaban J connectivity index is 1.32. The van der Waals surface area contributed by atoms with Crippen LogP contribution in [0, 0.1) is 0 Å². The van der Waals surface area contributed by atoms with E-state index in [4.69, 9.17) is 9.51 Å². The van der Waals surface area contributed by atoms with Gasteiger partial charge in [0.15, 0.2) is 11.6 Å². The molecule has 0 amide bonds. The van der Waals surface area contributed by atoms with Crippen molar-refractivity contribution in [2.24, 2.45) is 0 Å². The monoisotopic (exact) mass is 376 g/mol. The standard InChI is InChI=1S/C21H24N6O/c1-2-16-13-18(24-20(23-16)17-5-3-4-10-22-17)27-11-8-14(9-12-27)19-25-21(28-26-19)15-6-7-15/h3-5,10,13-15H,2,6-9,11-12H2,1H3. The molecule has 0 aromatic carbocycles. The van der Waals surface area contributed by atoms with Crippen LogP contribution in [0.4, 0.5) is 5.82 Å². The first-order valence-corrected chi connectivity index (χ1v) is 10.2. The first-order chi connectivity index (χ1) is 13.8. The number of aryl methyl sites for hydroxylation is 1. The van der Waals surface area contributed by atoms with Gasteiger partial charge < -0.3 is 9.42 Å². The molecule has 0 spiro atoms. The molecule has 2 fully saturated rings. The SMILES string of the molecule is CCc1cc(N2CCC(c3noc(C4CC4)n3)CC2)nc(-c2ccccn2)n1. The molecule has 7 nitrogen and oxygen atoms in total. The number of piperidine rings is 1. The molecule has 0 bridgehead atoms. The maximum atomic E-state index is 5.45. The molecule has 0 unspecified atom stereocenters. The number of rotatable bonds is 5. The van der Waals surface area contributed by atoms with E-state index >= 15 is 0 Å².